The Labute approximate surface area is 202 Å². The second-order valence-corrected chi connectivity index (χ2v) is 11.9. The fourth-order valence-corrected chi connectivity index (χ4v) is 7.32. The minimum atomic E-state index is -4.02. The first kappa shape index (κ1) is 22.4. The normalized spacial score (nSPS) is 24.0. The monoisotopic (exact) mass is 531 g/mol. The summed E-state index contributed by atoms with van der Waals surface area (Å²) in [5, 5.41) is 2.64. The third-order valence-corrected chi connectivity index (χ3v) is 9.32. The summed E-state index contributed by atoms with van der Waals surface area (Å²) in [7, 11) is -4.02. The van der Waals surface area contributed by atoms with Crippen LogP contribution in [0.2, 0.25) is 0 Å². The average molecular weight is 532 g/mol. The van der Waals surface area contributed by atoms with Gasteiger partial charge in [0.25, 0.3) is 15.9 Å². The predicted molar refractivity (Wildman–Crippen MR) is 128 cm³/mol. The standard InChI is InChI=1S/C24H26BrN3O4S/c25-20-8-9-21-22(13-20)33(31,32)28(24(30)26-21)14-16-4-3-7-18(12-16)23(29)27-11-10-17-5-1-2-6-19(17)15-27/h3-4,7-9,12-13,17,19H,1-2,5-6,10-11,14-15H2,(H,26,30). The lowest BCUT2D eigenvalue weighted by Crippen LogP contribution is -2.45. The molecule has 5 rings (SSSR count). The van der Waals surface area contributed by atoms with Crippen LogP contribution >= 0.6 is 15.9 Å². The van der Waals surface area contributed by atoms with E-state index in [-0.39, 0.29) is 23.0 Å². The Morgan fingerprint density at radius 3 is 2.67 bits per heavy atom. The number of carbonyl (C=O) groups is 2. The van der Waals surface area contributed by atoms with Gasteiger partial charge in [-0.2, -0.15) is 0 Å². The summed E-state index contributed by atoms with van der Waals surface area (Å²) in [5.41, 5.74) is 1.37. The van der Waals surface area contributed by atoms with Crippen molar-refractivity contribution in [1.82, 2.24) is 9.21 Å². The number of amides is 3. The van der Waals surface area contributed by atoms with Crippen LogP contribution in [0.4, 0.5) is 10.5 Å². The molecule has 2 aliphatic heterocycles. The smallest absolute Gasteiger partial charge is 0.336 e. The third-order valence-electron chi connectivity index (χ3n) is 7.06. The average Bonchev–Trinajstić information content (AvgIpc) is 2.82. The molecule has 0 spiro atoms. The molecule has 2 heterocycles. The summed E-state index contributed by atoms with van der Waals surface area (Å²) in [6, 6.07) is 11.0. The molecule has 3 amide bonds. The molecule has 174 valence electrons. The Kier molecular flexibility index (Phi) is 5.95. The van der Waals surface area contributed by atoms with Gasteiger partial charge in [0.2, 0.25) is 0 Å². The van der Waals surface area contributed by atoms with Gasteiger partial charge in [-0.1, -0.05) is 47.3 Å². The van der Waals surface area contributed by atoms with Crippen LogP contribution < -0.4 is 5.32 Å². The van der Waals surface area contributed by atoms with E-state index in [0.717, 1.165) is 29.7 Å². The Balaban J connectivity index is 1.35. The van der Waals surface area contributed by atoms with E-state index < -0.39 is 16.1 Å². The van der Waals surface area contributed by atoms with Crippen molar-refractivity contribution in [3.63, 3.8) is 0 Å². The van der Waals surface area contributed by atoms with Crippen molar-refractivity contribution >= 4 is 43.6 Å². The Morgan fingerprint density at radius 2 is 1.85 bits per heavy atom. The molecule has 0 bridgehead atoms. The van der Waals surface area contributed by atoms with E-state index in [1.165, 1.54) is 31.7 Å². The highest BCUT2D eigenvalue weighted by Gasteiger charge is 2.37. The maximum Gasteiger partial charge on any atom is 0.336 e. The number of nitrogens with one attached hydrogen (secondary N) is 1. The molecule has 2 fully saturated rings. The third kappa shape index (κ3) is 4.28. The summed E-state index contributed by atoms with van der Waals surface area (Å²) < 4.78 is 27.7. The van der Waals surface area contributed by atoms with Gasteiger partial charge in [0.05, 0.1) is 12.2 Å². The highest BCUT2D eigenvalue weighted by Crippen LogP contribution is 2.37. The van der Waals surface area contributed by atoms with Gasteiger partial charge < -0.3 is 10.2 Å². The highest BCUT2D eigenvalue weighted by atomic mass is 79.9. The lowest BCUT2D eigenvalue weighted by molar-refractivity contribution is 0.0521. The van der Waals surface area contributed by atoms with Crippen molar-refractivity contribution < 1.29 is 18.0 Å². The van der Waals surface area contributed by atoms with Crippen molar-refractivity contribution in [1.29, 1.82) is 0 Å². The fraction of sp³-hybridized carbons (Fsp3) is 0.417. The van der Waals surface area contributed by atoms with E-state index >= 15 is 0 Å². The quantitative estimate of drug-likeness (QED) is 0.613. The molecule has 7 nitrogen and oxygen atoms in total. The number of rotatable bonds is 3. The molecular formula is C24H26BrN3O4S. The van der Waals surface area contributed by atoms with Gasteiger partial charge in [-0.05, 0) is 60.6 Å². The van der Waals surface area contributed by atoms with E-state index in [1.54, 1.807) is 36.4 Å². The van der Waals surface area contributed by atoms with Crippen LogP contribution in [-0.2, 0) is 16.6 Å². The molecule has 2 aromatic rings. The molecule has 33 heavy (non-hydrogen) atoms. The van der Waals surface area contributed by atoms with Gasteiger partial charge in [-0.15, -0.1) is 0 Å². The number of fused-ring (bicyclic) bond motifs is 2. The van der Waals surface area contributed by atoms with Crippen molar-refractivity contribution in [2.24, 2.45) is 11.8 Å². The molecule has 1 saturated carbocycles. The van der Waals surface area contributed by atoms with E-state index in [0.29, 0.717) is 21.5 Å². The van der Waals surface area contributed by atoms with Crippen LogP contribution in [0.15, 0.2) is 51.8 Å². The largest absolute Gasteiger partial charge is 0.338 e. The van der Waals surface area contributed by atoms with E-state index in [1.807, 2.05) is 4.90 Å². The van der Waals surface area contributed by atoms with Gasteiger partial charge >= 0.3 is 6.03 Å². The number of hydrogen-bond acceptors (Lipinski definition) is 4. The Morgan fingerprint density at radius 1 is 1.06 bits per heavy atom. The zero-order valence-electron chi connectivity index (χ0n) is 18.2. The van der Waals surface area contributed by atoms with Gasteiger partial charge in [0.15, 0.2) is 0 Å². The number of hydrogen-bond donors (Lipinski definition) is 1. The topological polar surface area (TPSA) is 86.8 Å². The number of likely N-dealkylation sites (tertiary alicyclic amines) is 1. The maximum atomic E-state index is 13.2. The molecule has 0 aromatic heterocycles. The number of halogens is 1. The number of piperidine rings is 1. The summed E-state index contributed by atoms with van der Waals surface area (Å²) in [6.45, 7) is 1.41. The molecule has 2 unspecified atom stereocenters. The van der Waals surface area contributed by atoms with Gasteiger partial charge in [-0.3, -0.25) is 4.79 Å². The maximum absolute atomic E-state index is 13.2. The fourth-order valence-electron chi connectivity index (χ4n) is 5.31. The van der Waals surface area contributed by atoms with Crippen LogP contribution in [0.25, 0.3) is 0 Å². The van der Waals surface area contributed by atoms with Gasteiger partial charge in [0, 0.05) is 23.1 Å². The second-order valence-electron chi connectivity index (χ2n) is 9.13. The Hall–Kier alpha value is -2.39. The molecule has 1 saturated heterocycles. The molecular weight excluding hydrogens is 506 g/mol. The predicted octanol–water partition coefficient (Wildman–Crippen LogP) is 4.84. The lowest BCUT2D eigenvalue weighted by Gasteiger charge is -2.41. The number of sulfonamides is 1. The van der Waals surface area contributed by atoms with E-state index in [2.05, 4.69) is 21.2 Å². The molecule has 9 heteroatoms. The lowest BCUT2D eigenvalue weighted by atomic mass is 9.75. The second kappa shape index (κ2) is 8.76. The SMILES string of the molecule is O=C(c1cccc(CN2C(=O)Nc3ccc(Br)cc3S2(=O)=O)c1)N1CCC2CCCCC2C1. The van der Waals surface area contributed by atoms with Crippen molar-refractivity contribution in [3.8, 4) is 0 Å². The first-order valence-corrected chi connectivity index (χ1v) is 13.6. The first-order valence-electron chi connectivity index (χ1n) is 11.3. The molecule has 2 aromatic carbocycles. The van der Waals surface area contributed by atoms with Crippen molar-refractivity contribution in [2.45, 2.75) is 43.5 Å². The van der Waals surface area contributed by atoms with E-state index in [9.17, 15) is 18.0 Å². The van der Waals surface area contributed by atoms with Crippen LogP contribution in [0.1, 0.15) is 48.0 Å². The number of nitrogens with zero attached hydrogens (tertiary/aromatic N) is 2. The van der Waals surface area contributed by atoms with Crippen LogP contribution in [0.3, 0.4) is 0 Å². The summed E-state index contributed by atoms with van der Waals surface area (Å²) in [4.78, 5) is 27.8. The number of benzene rings is 2. The molecule has 0 radical (unpaired) electrons. The number of carbonyl (C=O) groups excluding carboxylic acids is 2. The number of anilines is 1. The van der Waals surface area contributed by atoms with Gasteiger partial charge in [-0.25, -0.2) is 17.5 Å². The van der Waals surface area contributed by atoms with Gasteiger partial charge in [0.1, 0.15) is 4.90 Å². The minimum absolute atomic E-state index is 0.0268. The van der Waals surface area contributed by atoms with Crippen LogP contribution in [0.5, 0.6) is 0 Å². The zero-order chi connectivity index (χ0) is 23.2. The summed E-state index contributed by atoms with van der Waals surface area (Å²) in [5.74, 6) is 1.29. The minimum Gasteiger partial charge on any atom is -0.338 e. The molecule has 1 aliphatic carbocycles. The highest BCUT2D eigenvalue weighted by molar-refractivity contribution is 9.10. The molecule has 3 aliphatic rings. The van der Waals surface area contributed by atoms with Crippen LogP contribution in [0, 0.1) is 11.8 Å². The van der Waals surface area contributed by atoms with Crippen molar-refractivity contribution in [2.75, 3.05) is 18.4 Å². The molecule has 1 N–H and O–H groups in total. The van der Waals surface area contributed by atoms with Crippen molar-refractivity contribution in [3.05, 3.63) is 58.1 Å². The van der Waals surface area contributed by atoms with E-state index in [4.69, 9.17) is 0 Å². The summed E-state index contributed by atoms with van der Waals surface area (Å²) >= 11 is 3.29. The summed E-state index contributed by atoms with van der Waals surface area (Å²) in [6.07, 6.45) is 6.05. The van der Waals surface area contributed by atoms with Crippen LogP contribution in [-0.4, -0.2) is 42.7 Å². The zero-order valence-corrected chi connectivity index (χ0v) is 20.6. The first-order chi connectivity index (χ1) is 15.8. The Bertz CT molecular complexity index is 1220. The number of urea groups is 1. The molecule has 2 atom stereocenters.